The number of ether oxygens (including phenoxy) is 1. The molecule has 90 valence electrons. The van der Waals surface area contributed by atoms with E-state index < -0.39 is 6.04 Å². The lowest BCUT2D eigenvalue weighted by Gasteiger charge is -2.22. The van der Waals surface area contributed by atoms with Crippen LogP contribution in [0, 0.1) is 5.92 Å². The summed E-state index contributed by atoms with van der Waals surface area (Å²) in [6, 6.07) is -0.415. The van der Waals surface area contributed by atoms with Gasteiger partial charge < -0.3 is 10.5 Å². The first kappa shape index (κ1) is 14.7. The lowest BCUT2D eigenvalue weighted by molar-refractivity contribution is -0.142. The predicted molar refractivity (Wildman–Crippen MR) is 63.0 cm³/mol. The lowest BCUT2D eigenvalue weighted by Crippen LogP contribution is -2.32. The summed E-state index contributed by atoms with van der Waals surface area (Å²) in [4.78, 5) is 11.0. The quantitative estimate of drug-likeness (QED) is 0.761. The van der Waals surface area contributed by atoms with Gasteiger partial charge in [-0.1, -0.05) is 32.1 Å². The molecule has 4 heteroatoms. The van der Waals surface area contributed by atoms with Crippen LogP contribution in [0.25, 0.3) is 0 Å². The van der Waals surface area contributed by atoms with Gasteiger partial charge in [0.2, 0.25) is 0 Å². The number of hydrogen-bond donors (Lipinski definition) is 1. The highest BCUT2D eigenvalue weighted by Crippen LogP contribution is 2.27. The van der Waals surface area contributed by atoms with E-state index >= 15 is 0 Å². The van der Waals surface area contributed by atoms with E-state index in [9.17, 15) is 4.79 Å². The van der Waals surface area contributed by atoms with Crippen LogP contribution in [-0.2, 0) is 9.53 Å². The van der Waals surface area contributed by atoms with Crippen molar-refractivity contribution >= 4 is 18.4 Å². The van der Waals surface area contributed by atoms with Crippen molar-refractivity contribution in [2.24, 2.45) is 11.7 Å². The molecule has 1 aliphatic rings. The van der Waals surface area contributed by atoms with E-state index in [4.69, 9.17) is 5.73 Å². The zero-order valence-electron chi connectivity index (χ0n) is 9.41. The number of methoxy groups -OCH3 is 1. The maximum atomic E-state index is 11.0. The van der Waals surface area contributed by atoms with Gasteiger partial charge in [-0.25, -0.2) is 0 Å². The normalized spacial score (nSPS) is 19.1. The van der Waals surface area contributed by atoms with Crippen molar-refractivity contribution in [1.82, 2.24) is 0 Å². The molecule has 1 aliphatic carbocycles. The summed E-state index contributed by atoms with van der Waals surface area (Å²) in [5.74, 6) is 0.514. The van der Waals surface area contributed by atoms with Crippen molar-refractivity contribution in [1.29, 1.82) is 0 Å². The second-order valence-electron chi connectivity index (χ2n) is 4.21. The van der Waals surface area contributed by atoms with Gasteiger partial charge in [0.25, 0.3) is 0 Å². The molecule has 15 heavy (non-hydrogen) atoms. The molecule has 0 bridgehead atoms. The smallest absolute Gasteiger partial charge is 0.322 e. The summed E-state index contributed by atoms with van der Waals surface area (Å²) in [5, 5.41) is 0. The Morgan fingerprint density at radius 2 is 2.00 bits per heavy atom. The first-order valence-electron chi connectivity index (χ1n) is 5.57. The fourth-order valence-corrected chi connectivity index (χ4v) is 2.16. The Kier molecular flexibility index (Phi) is 7.79. The second-order valence-corrected chi connectivity index (χ2v) is 4.21. The molecular formula is C11H22ClNO2. The molecule has 0 heterocycles. The Hall–Kier alpha value is -0.280. The average Bonchev–Trinajstić information content (AvgIpc) is 2.26. The van der Waals surface area contributed by atoms with Gasteiger partial charge in [0, 0.05) is 0 Å². The molecule has 0 saturated heterocycles. The highest BCUT2D eigenvalue weighted by atomic mass is 35.5. The number of carbonyl (C=O) groups is 1. The van der Waals surface area contributed by atoms with Gasteiger partial charge >= 0.3 is 5.97 Å². The van der Waals surface area contributed by atoms with E-state index in [0.717, 1.165) is 18.8 Å². The molecule has 1 atom stereocenters. The standard InChI is InChI=1S/C11H21NO2.ClH/c1-14-11(13)10(12)8-7-9-5-3-2-4-6-9;/h9-10H,2-8,12H2,1H3;1H. The Morgan fingerprint density at radius 1 is 1.40 bits per heavy atom. The molecule has 0 aliphatic heterocycles. The number of hydrogen-bond acceptors (Lipinski definition) is 3. The Morgan fingerprint density at radius 3 is 2.53 bits per heavy atom. The molecule has 1 fully saturated rings. The first-order chi connectivity index (χ1) is 6.74. The SMILES string of the molecule is COC(=O)C(N)CCC1CCCCC1.Cl. The van der Waals surface area contributed by atoms with Gasteiger partial charge in [-0.2, -0.15) is 0 Å². The zero-order chi connectivity index (χ0) is 10.4. The van der Waals surface area contributed by atoms with Crippen LogP contribution >= 0.6 is 12.4 Å². The van der Waals surface area contributed by atoms with E-state index in [1.54, 1.807) is 0 Å². The molecule has 3 nitrogen and oxygen atoms in total. The van der Waals surface area contributed by atoms with E-state index in [-0.39, 0.29) is 18.4 Å². The van der Waals surface area contributed by atoms with Crippen molar-refractivity contribution < 1.29 is 9.53 Å². The number of halogens is 1. The van der Waals surface area contributed by atoms with E-state index in [1.807, 2.05) is 0 Å². The van der Waals surface area contributed by atoms with Crippen LogP contribution < -0.4 is 5.73 Å². The Labute approximate surface area is 98.2 Å². The monoisotopic (exact) mass is 235 g/mol. The van der Waals surface area contributed by atoms with Crippen LogP contribution in [0.1, 0.15) is 44.9 Å². The van der Waals surface area contributed by atoms with Gasteiger partial charge in [0.15, 0.2) is 0 Å². The molecule has 1 rings (SSSR count). The van der Waals surface area contributed by atoms with Crippen LogP contribution in [0.2, 0.25) is 0 Å². The molecule has 1 saturated carbocycles. The van der Waals surface area contributed by atoms with Gasteiger partial charge in [-0.3, -0.25) is 4.79 Å². The van der Waals surface area contributed by atoms with Gasteiger partial charge in [0.1, 0.15) is 6.04 Å². The summed E-state index contributed by atoms with van der Waals surface area (Å²) >= 11 is 0. The van der Waals surface area contributed by atoms with Gasteiger partial charge in [0.05, 0.1) is 7.11 Å². The number of esters is 1. The third-order valence-corrected chi connectivity index (χ3v) is 3.11. The number of nitrogens with two attached hydrogens (primary N) is 1. The molecule has 0 aromatic heterocycles. The fourth-order valence-electron chi connectivity index (χ4n) is 2.16. The molecule has 0 radical (unpaired) electrons. The summed E-state index contributed by atoms with van der Waals surface area (Å²) < 4.78 is 4.59. The van der Waals surface area contributed by atoms with Crippen LogP contribution in [0.15, 0.2) is 0 Å². The Bertz CT molecular complexity index is 181. The average molecular weight is 236 g/mol. The zero-order valence-corrected chi connectivity index (χ0v) is 10.2. The van der Waals surface area contributed by atoms with Crippen molar-refractivity contribution in [3.8, 4) is 0 Å². The molecule has 0 spiro atoms. The van der Waals surface area contributed by atoms with Gasteiger partial charge in [-0.15, -0.1) is 12.4 Å². The van der Waals surface area contributed by atoms with E-state index in [0.29, 0.717) is 0 Å². The van der Waals surface area contributed by atoms with Gasteiger partial charge in [-0.05, 0) is 18.8 Å². The summed E-state index contributed by atoms with van der Waals surface area (Å²) in [7, 11) is 1.39. The summed E-state index contributed by atoms with van der Waals surface area (Å²) in [5.41, 5.74) is 5.67. The van der Waals surface area contributed by atoms with Crippen molar-refractivity contribution in [3.05, 3.63) is 0 Å². The maximum Gasteiger partial charge on any atom is 0.322 e. The second kappa shape index (κ2) is 7.94. The van der Waals surface area contributed by atoms with Crippen molar-refractivity contribution in [3.63, 3.8) is 0 Å². The number of rotatable bonds is 4. The number of carbonyl (C=O) groups excluding carboxylic acids is 1. The summed E-state index contributed by atoms with van der Waals surface area (Å²) in [6.45, 7) is 0. The molecule has 2 N–H and O–H groups in total. The molecule has 0 aromatic carbocycles. The predicted octanol–water partition coefficient (Wildman–Crippen LogP) is 2.27. The first-order valence-corrected chi connectivity index (χ1v) is 5.57. The summed E-state index contributed by atoms with van der Waals surface area (Å²) in [6.07, 6.45) is 8.55. The minimum atomic E-state index is -0.415. The fraction of sp³-hybridized carbons (Fsp3) is 0.909. The maximum absolute atomic E-state index is 11.0. The third-order valence-electron chi connectivity index (χ3n) is 3.11. The van der Waals surface area contributed by atoms with Crippen molar-refractivity contribution in [2.45, 2.75) is 51.0 Å². The minimum Gasteiger partial charge on any atom is -0.468 e. The van der Waals surface area contributed by atoms with E-state index in [2.05, 4.69) is 4.74 Å². The molecule has 0 amide bonds. The lowest BCUT2D eigenvalue weighted by atomic mass is 9.85. The highest BCUT2D eigenvalue weighted by molar-refractivity contribution is 5.85. The van der Waals surface area contributed by atoms with Crippen LogP contribution in [-0.4, -0.2) is 19.1 Å². The van der Waals surface area contributed by atoms with Crippen LogP contribution in [0.5, 0.6) is 0 Å². The third kappa shape index (κ3) is 5.38. The largest absolute Gasteiger partial charge is 0.468 e. The Balaban J connectivity index is 0.00000196. The molecule has 1 unspecified atom stereocenters. The molecule has 0 aromatic rings. The van der Waals surface area contributed by atoms with Crippen LogP contribution in [0.4, 0.5) is 0 Å². The van der Waals surface area contributed by atoms with E-state index in [1.165, 1.54) is 39.2 Å². The highest BCUT2D eigenvalue weighted by Gasteiger charge is 2.18. The minimum absolute atomic E-state index is 0. The van der Waals surface area contributed by atoms with Crippen LogP contribution in [0.3, 0.4) is 0 Å². The molecular weight excluding hydrogens is 214 g/mol. The topological polar surface area (TPSA) is 52.3 Å². The van der Waals surface area contributed by atoms with Crippen molar-refractivity contribution in [2.75, 3.05) is 7.11 Å².